The van der Waals surface area contributed by atoms with Crippen LogP contribution in [0.3, 0.4) is 0 Å². The predicted octanol–water partition coefficient (Wildman–Crippen LogP) is 3.24. The molecule has 0 radical (unpaired) electrons. The normalized spacial score (nSPS) is 22.6. The molecule has 0 amide bonds. The summed E-state index contributed by atoms with van der Waals surface area (Å²) in [6, 6.07) is 10.1. The van der Waals surface area contributed by atoms with E-state index in [-0.39, 0.29) is 24.0 Å². The van der Waals surface area contributed by atoms with Crippen LogP contribution in [-0.2, 0) is 11.3 Å². The first kappa shape index (κ1) is 26.4. The minimum absolute atomic E-state index is 0. The molecule has 0 saturated carbocycles. The number of likely N-dealkylation sites (tertiary alicyclic amines) is 1. The fourth-order valence-electron chi connectivity index (χ4n) is 4.50. The van der Waals surface area contributed by atoms with Crippen molar-refractivity contribution in [1.29, 1.82) is 0 Å². The van der Waals surface area contributed by atoms with Gasteiger partial charge < -0.3 is 15.4 Å². The van der Waals surface area contributed by atoms with E-state index in [4.69, 9.17) is 9.73 Å². The zero-order chi connectivity index (χ0) is 21.3. The van der Waals surface area contributed by atoms with Crippen molar-refractivity contribution in [1.82, 2.24) is 20.4 Å². The third kappa shape index (κ3) is 8.18. The smallest absolute Gasteiger partial charge is 0.191 e. The molecule has 7 heteroatoms. The quantitative estimate of drug-likeness (QED) is 0.314. The van der Waals surface area contributed by atoms with Gasteiger partial charge in [-0.3, -0.25) is 14.8 Å². The number of rotatable bonds is 7. The lowest BCUT2D eigenvalue weighted by atomic mass is 10.0. The Labute approximate surface area is 206 Å². The van der Waals surface area contributed by atoms with Crippen LogP contribution in [0.4, 0.5) is 0 Å². The van der Waals surface area contributed by atoms with Crippen molar-refractivity contribution in [2.45, 2.75) is 65.2 Å². The van der Waals surface area contributed by atoms with Crippen molar-refractivity contribution in [3.05, 3.63) is 35.4 Å². The van der Waals surface area contributed by atoms with Crippen LogP contribution < -0.4 is 10.6 Å². The van der Waals surface area contributed by atoms with Gasteiger partial charge >= 0.3 is 0 Å². The zero-order valence-corrected chi connectivity index (χ0v) is 22.1. The molecule has 2 N–H and O–H groups in total. The molecule has 2 heterocycles. The summed E-state index contributed by atoms with van der Waals surface area (Å²) in [6.07, 6.45) is 2.32. The van der Waals surface area contributed by atoms with E-state index >= 15 is 0 Å². The average molecular weight is 544 g/mol. The van der Waals surface area contributed by atoms with Crippen LogP contribution in [0.5, 0.6) is 0 Å². The minimum atomic E-state index is 0. The number of halogens is 1. The van der Waals surface area contributed by atoms with Gasteiger partial charge in [0.1, 0.15) is 0 Å². The number of nitrogens with one attached hydrogen (secondary N) is 2. The molecular weight excluding hydrogens is 501 g/mol. The summed E-state index contributed by atoms with van der Waals surface area (Å²) in [5, 5.41) is 7.13. The second kappa shape index (κ2) is 13.6. The number of benzene rings is 1. The van der Waals surface area contributed by atoms with Crippen LogP contribution in [-0.4, -0.2) is 79.8 Å². The molecule has 2 fully saturated rings. The van der Waals surface area contributed by atoms with Crippen molar-refractivity contribution in [2.75, 3.05) is 45.9 Å². The molecule has 1 aromatic carbocycles. The first-order valence-corrected chi connectivity index (χ1v) is 11.7. The largest absolute Gasteiger partial charge is 0.379 e. The summed E-state index contributed by atoms with van der Waals surface area (Å²) in [6.45, 7) is 16.5. The van der Waals surface area contributed by atoms with E-state index in [0.717, 1.165) is 71.3 Å². The maximum Gasteiger partial charge on any atom is 0.191 e. The van der Waals surface area contributed by atoms with E-state index in [1.807, 2.05) is 0 Å². The zero-order valence-electron chi connectivity index (χ0n) is 19.8. The summed E-state index contributed by atoms with van der Waals surface area (Å²) < 4.78 is 5.57. The lowest BCUT2D eigenvalue weighted by Gasteiger charge is -2.37. The van der Waals surface area contributed by atoms with Crippen LogP contribution in [0.25, 0.3) is 0 Å². The molecule has 3 rings (SSSR count). The first-order valence-electron chi connectivity index (χ1n) is 11.7. The van der Waals surface area contributed by atoms with Gasteiger partial charge in [0.15, 0.2) is 5.96 Å². The number of piperidine rings is 1. The van der Waals surface area contributed by atoms with Crippen LogP contribution in [0.1, 0.15) is 44.7 Å². The molecule has 0 aliphatic carbocycles. The fourth-order valence-corrected chi connectivity index (χ4v) is 4.50. The topological polar surface area (TPSA) is 52.1 Å². The SMILES string of the molecule is CCNC(=NCC(C)N1CCOCC1C)NC1CCN(Cc2ccccc2C)CC1.I. The second-order valence-corrected chi connectivity index (χ2v) is 8.85. The summed E-state index contributed by atoms with van der Waals surface area (Å²) in [5.41, 5.74) is 2.84. The van der Waals surface area contributed by atoms with Crippen LogP contribution in [0, 0.1) is 6.92 Å². The first-order chi connectivity index (χ1) is 14.6. The van der Waals surface area contributed by atoms with Gasteiger partial charge in [0.05, 0.1) is 19.8 Å². The molecule has 2 aliphatic heterocycles. The molecule has 1 aromatic rings. The number of morpholine rings is 1. The van der Waals surface area contributed by atoms with E-state index in [2.05, 4.69) is 72.4 Å². The maximum atomic E-state index is 5.57. The Balaban J connectivity index is 0.00000341. The third-order valence-corrected chi connectivity index (χ3v) is 6.43. The second-order valence-electron chi connectivity index (χ2n) is 8.85. The van der Waals surface area contributed by atoms with Gasteiger partial charge in [0.25, 0.3) is 0 Å². The molecule has 0 bridgehead atoms. The Morgan fingerprint density at radius 3 is 2.65 bits per heavy atom. The lowest BCUT2D eigenvalue weighted by Crippen LogP contribution is -2.51. The van der Waals surface area contributed by atoms with Gasteiger partial charge in [-0.2, -0.15) is 0 Å². The monoisotopic (exact) mass is 543 g/mol. The minimum Gasteiger partial charge on any atom is -0.379 e. The van der Waals surface area contributed by atoms with E-state index in [0.29, 0.717) is 18.1 Å². The molecule has 2 unspecified atom stereocenters. The molecular formula is C24H42IN5O. The molecule has 6 nitrogen and oxygen atoms in total. The molecule has 0 spiro atoms. The van der Waals surface area contributed by atoms with Gasteiger partial charge in [-0.15, -0.1) is 24.0 Å². The van der Waals surface area contributed by atoms with Crippen molar-refractivity contribution in [3.8, 4) is 0 Å². The van der Waals surface area contributed by atoms with Gasteiger partial charge in [-0.05, 0) is 51.7 Å². The Morgan fingerprint density at radius 1 is 1.23 bits per heavy atom. The molecule has 0 aromatic heterocycles. The summed E-state index contributed by atoms with van der Waals surface area (Å²) in [7, 11) is 0. The van der Waals surface area contributed by atoms with Crippen molar-refractivity contribution >= 4 is 29.9 Å². The number of hydrogen-bond acceptors (Lipinski definition) is 4. The van der Waals surface area contributed by atoms with Crippen LogP contribution in [0.2, 0.25) is 0 Å². The number of guanidine groups is 1. The van der Waals surface area contributed by atoms with Crippen LogP contribution in [0.15, 0.2) is 29.3 Å². The van der Waals surface area contributed by atoms with Crippen molar-refractivity contribution in [2.24, 2.45) is 4.99 Å². The van der Waals surface area contributed by atoms with Gasteiger partial charge in [-0.1, -0.05) is 24.3 Å². The lowest BCUT2D eigenvalue weighted by molar-refractivity contribution is -0.0165. The fraction of sp³-hybridized carbons (Fsp3) is 0.708. The van der Waals surface area contributed by atoms with Crippen molar-refractivity contribution in [3.63, 3.8) is 0 Å². The van der Waals surface area contributed by atoms with Gasteiger partial charge in [0, 0.05) is 50.8 Å². The van der Waals surface area contributed by atoms with Gasteiger partial charge in [0.2, 0.25) is 0 Å². The van der Waals surface area contributed by atoms with E-state index in [1.54, 1.807) is 0 Å². The molecule has 31 heavy (non-hydrogen) atoms. The molecule has 2 aliphatic rings. The Kier molecular flexibility index (Phi) is 11.6. The highest BCUT2D eigenvalue weighted by molar-refractivity contribution is 14.0. The highest BCUT2D eigenvalue weighted by atomic mass is 127. The number of hydrogen-bond donors (Lipinski definition) is 2. The standard InChI is InChI=1S/C24H41N5O.HI/c1-5-25-24(26-16-20(3)29-14-15-30-18-21(29)4)27-23-10-12-28(13-11-23)17-22-9-7-6-8-19(22)2;/h6-9,20-21,23H,5,10-18H2,1-4H3,(H2,25,26,27);1H. The highest BCUT2D eigenvalue weighted by Gasteiger charge is 2.24. The Bertz CT molecular complexity index is 678. The summed E-state index contributed by atoms with van der Waals surface area (Å²) in [5.74, 6) is 0.961. The number of aryl methyl sites for hydroxylation is 1. The third-order valence-electron chi connectivity index (χ3n) is 6.43. The maximum absolute atomic E-state index is 5.57. The average Bonchev–Trinajstić information content (AvgIpc) is 2.75. The summed E-state index contributed by atoms with van der Waals surface area (Å²) >= 11 is 0. The Morgan fingerprint density at radius 2 is 1.97 bits per heavy atom. The number of nitrogens with zero attached hydrogens (tertiary/aromatic N) is 3. The van der Waals surface area contributed by atoms with E-state index in [1.165, 1.54) is 11.1 Å². The van der Waals surface area contributed by atoms with Crippen molar-refractivity contribution < 1.29 is 4.74 Å². The molecule has 176 valence electrons. The molecule has 2 atom stereocenters. The van der Waals surface area contributed by atoms with E-state index < -0.39 is 0 Å². The number of ether oxygens (including phenoxy) is 1. The predicted molar refractivity (Wildman–Crippen MR) is 140 cm³/mol. The Hall–Kier alpha value is -0.900. The number of aliphatic imine (C=N–C) groups is 1. The highest BCUT2D eigenvalue weighted by Crippen LogP contribution is 2.16. The van der Waals surface area contributed by atoms with E-state index in [9.17, 15) is 0 Å². The van der Waals surface area contributed by atoms with Crippen LogP contribution >= 0.6 is 24.0 Å². The molecule has 2 saturated heterocycles. The van der Waals surface area contributed by atoms with Gasteiger partial charge in [-0.25, -0.2) is 0 Å². The summed E-state index contributed by atoms with van der Waals surface area (Å²) in [4.78, 5) is 10.0.